The average molecular weight is 227 g/mol. The number of nitrogens with one attached hydrogen (secondary N) is 1. The minimum absolute atomic E-state index is 0.191. The number of benzene rings is 1. The summed E-state index contributed by atoms with van der Waals surface area (Å²) in [4.78, 5) is 0. The highest BCUT2D eigenvalue weighted by Crippen LogP contribution is 2.24. The first-order valence-electron chi connectivity index (χ1n) is 6.27. The number of rotatable bonds is 2. The fraction of sp³-hybridized carbons (Fsp3) is 0.333. The summed E-state index contributed by atoms with van der Waals surface area (Å²) in [5, 5.41) is 3.37. The number of hydrogen-bond donors (Lipinski definition) is 1. The summed E-state index contributed by atoms with van der Waals surface area (Å²) in [6, 6.07) is 10.5. The van der Waals surface area contributed by atoms with Gasteiger partial charge in [0.25, 0.3) is 0 Å². The zero-order valence-corrected chi connectivity index (χ0v) is 9.86. The molecule has 1 N–H and O–H groups in total. The summed E-state index contributed by atoms with van der Waals surface area (Å²) in [5.41, 5.74) is 2.51. The van der Waals surface area contributed by atoms with Crippen molar-refractivity contribution in [2.24, 2.45) is 0 Å². The first kappa shape index (κ1) is 10.5. The van der Waals surface area contributed by atoms with Gasteiger partial charge in [-0.2, -0.15) is 0 Å². The highest BCUT2D eigenvalue weighted by molar-refractivity contribution is 5.28. The van der Waals surface area contributed by atoms with Crippen LogP contribution in [-0.4, -0.2) is 12.6 Å². The van der Waals surface area contributed by atoms with Gasteiger partial charge in [-0.05, 0) is 24.1 Å². The molecule has 0 saturated carbocycles. The lowest BCUT2D eigenvalue weighted by atomic mass is 10.0. The molecule has 0 saturated heterocycles. The molecule has 0 unspecified atom stereocenters. The van der Waals surface area contributed by atoms with E-state index in [9.17, 15) is 0 Å². The second kappa shape index (κ2) is 4.66. The van der Waals surface area contributed by atoms with Gasteiger partial charge in [-0.3, -0.25) is 0 Å². The zero-order chi connectivity index (χ0) is 11.5. The van der Waals surface area contributed by atoms with Crippen LogP contribution in [0.15, 0.2) is 53.9 Å². The molecule has 0 aromatic heterocycles. The summed E-state index contributed by atoms with van der Waals surface area (Å²) < 4.78 is 6.02. The SMILES string of the molecule is C1=C[C@H](Cc2ccccc2)OC2=C1NCCC2. The minimum Gasteiger partial charge on any atom is -0.488 e. The van der Waals surface area contributed by atoms with Crippen LogP contribution in [0.5, 0.6) is 0 Å². The molecule has 88 valence electrons. The summed E-state index contributed by atoms with van der Waals surface area (Å²) in [7, 11) is 0. The molecule has 2 heteroatoms. The molecule has 0 fully saturated rings. The van der Waals surface area contributed by atoms with Gasteiger partial charge >= 0.3 is 0 Å². The van der Waals surface area contributed by atoms with Crippen LogP contribution >= 0.6 is 0 Å². The van der Waals surface area contributed by atoms with Gasteiger partial charge in [-0.15, -0.1) is 0 Å². The molecule has 3 rings (SSSR count). The normalized spacial score (nSPS) is 22.7. The molecule has 0 radical (unpaired) electrons. The Balaban J connectivity index is 1.69. The van der Waals surface area contributed by atoms with Gasteiger partial charge in [0.2, 0.25) is 0 Å². The van der Waals surface area contributed by atoms with Crippen LogP contribution in [0.2, 0.25) is 0 Å². The molecule has 1 aromatic carbocycles. The standard InChI is InChI=1S/C15H17NO/c1-2-5-12(6-3-1)11-13-8-9-14-15(17-13)7-4-10-16-14/h1-3,5-6,8-9,13,16H,4,7,10-11H2/t13-/m1/s1. The molecule has 1 atom stereocenters. The van der Waals surface area contributed by atoms with Gasteiger partial charge in [0, 0.05) is 19.4 Å². The predicted octanol–water partition coefficient (Wildman–Crippen LogP) is 2.78. The van der Waals surface area contributed by atoms with Crippen molar-refractivity contribution >= 4 is 0 Å². The van der Waals surface area contributed by atoms with Gasteiger partial charge in [-0.1, -0.05) is 30.3 Å². The van der Waals surface area contributed by atoms with Crippen LogP contribution in [0, 0.1) is 0 Å². The van der Waals surface area contributed by atoms with E-state index in [1.54, 1.807) is 0 Å². The van der Waals surface area contributed by atoms with Crippen LogP contribution in [-0.2, 0) is 11.2 Å². The second-order valence-corrected chi connectivity index (χ2v) is 4.57. The lowest BCUT2D eigenvalue weighted by Crippen LogP contribution is -2.27. The van der Waals surface area contributed by atoms with Crippen molar-refractivity contribution in [3.63, 3.8) is 0 Å². The molecule has 0 bridgehead atoms. The van der Waals surface area contributed by atoms with E-state index < -0.39 is 0 Å². The van der Waals surface area contributed by atoms with Gasteiger partial charge < -0.3 is 10.1 Å². The van der Waals surface area contributed by atoms with Crippen LogP contribution in [0.4, 0.5) is 0 Å². The molecule has 17 heavy (non-hydrogen) atoms. The van der Waals surface area contributed by atoms with Crippen LogP contribution in [0.3, 0.4) is 0 Å². The second-order valence-electron chi connectivity index (χ2n) is 4.57. The molecule has 2 aliphatic heterocycles. The minimum atomic E-state index is 0.191. The molecular formula is C15H17NO. The van der Waals surface area contributed by atoms with Crippen molar-refractivity contribution in [2.45, 2.75) is 25.4 Å². The van der Waals surface area contributed by atoms with Gasteiger partial charge in [0.05, 0.1) is 5.70 Å². The molecule has 0 spiro atoms. The van der Waals surface area contributed by atoms with E-state index in [1.165, 1.54) is 17.7 Å². The first-order chi connectivity index (χ1) is 8.42. The van der Waals surface area contributed by atoms with E-state index >= 15 is 0 Å². The van der Waals surface area contributed by atoms with Crippen LogP contribution < -0.4 is 5.32 Å². The van der Waals surface area contributed by atoms with E-state index in [0.717, 1.165) is 25.1 Å². The third kappa shape index (κ3) is 2.36. The van der Waals surface area contributed by atoms with E-state index in [0.29, 0.717) is 0 Å². The van der Waals surface area contributed by atoms with Crippen molar-refractivity contribution in [1.29, 1.82) is 0 Å². The fourth-order valence-electron chi connectivity index (χ4n) is 2.36. The Kier molecular flexibility index (Phi) is 2.87. The molecule has 2 nitrogen and oxygen atoms in total. The largest absolute Gasteiger partial charge is 0.488 e. The van der Waals surface area contributed by atoms with E-state index in [4.69, 9.17) is 4.74 Å². The van der Waals surface area contributed by atoms with Crippen molar-refractivity contribution in [3.8, 4) is 0 Å². The zero-order valence-electron chi connectivity index (χ0n) is 9.86. The third-order valence-corrected chi connectivity index (χ3v) is 3.25. The maximum absolute atomic E-state index is 6.02. The van der Waals surface area contributed by atoms with Crippen LogP contribution in [0.25, 0.3) is 0 Å². The van der Waals surface area contributed by atoms with Gasteiger partial charge in [0.1, 0.15) is 11.9 Å². The Morgan fingerprint density at radius 3 is 3.00 bits per heavy atom. The molecule has 2 aliphatic rings. The van der Waals surface area contributed by atoms with Crippen molar-refractivity contribution in [1.82, 2.24) is 5.32 Å². The maximum Gasteiger partial charge on any atom is 0.121 e. The van der Waals surface area contributed by atoms with Gasteiger partial charge in [-0.25, -0.2) is 0 Å². The Labute approximate surface area is 102 Å². The smallest absolute Gasteiger partial charge is 0.121 e. The number of hydrogen-bond acceptors (Lipinski definition) is 2. The Morgan fingerprint density at radius 2 is 2.12 bits per heavy atom. The summed E-state index contributed by atoms with van der Waals surface area (Å²) in [6.45, 7) is 1.07. The summed E-state index contributed by atoms with van der Waals surface area (Å²) in [6.07, 6.45) is 7.71. The van der Waals surface area contributed by atoms with Gasteiger partial charge in [0.15, 0.2) is 0 Å². The quantitative estimate of drug-likeness (QED) is 0.838. The highest BCUT2D eigenvalue weighted by atomic mass is 16.5. The van der Waals surface area contributed by atoms with Crippen molar-refractivity contribution < 1.29 is 4.74 Å². The topological polar surface area (TPSA) is 21.3 Å². The highest BCUT2D eigenvalue weighted by Gasteiger charge is 2.19. The molecule has 0 amide bonds. The van der Waals surface area contributed by atoms with Crippen LogP contribution in [0.1, 0.15) is 18.4 Å². The molecule has 1 aromatic rings. The Morgan fingerprint density at radius 1 is 1.24 bits per heavy atom. The molecule has 2 heterocycles. The van der Waals surface area contributed by atoms with Crippen molar-refractivity contribution in [3.05, 3.63) is 59.5 Å². The molecular weight excluding hydrogens is 210 g/mol. The first-order valence-corrected chi connectivity index (χ1v) is 6.27. The van der Waals surface area contributed by atoms with E-state index in [1.807, 2.05) is 6.07 Å². The lowest BCUT2D eigenvalue weighted by Gasteiger charge is -2.28. The Bertz CT molecular complexity index is 447. The maximum atomic E-state index is 6.02. The summed E-state index contributed by atoms with van der Waals surface area (Å²) >= 11 is 0. The Hall–Kier alpha value is -1.70. The number of allylic oxidation sites excluding steroid dienone is 2. The molecule has 0 aliphatic carbocycles. The predicted molar refractivity (Wildman–Crippen MR) is 68.4 cm³/mol. The van der Waals surface area contributed by atoms with E-state index in [2.05, 4.69) is 41.7 Å². The summed E-state index contributed by atoms with van der Waals surface area (Å²) in [5.74, 6) is 1.14. The van der Waals surface area contributed by atoms with E-state index in [-0.39, 0.29) is 6.10 Å². The third-order valence-electron chi connectivity index (χ3n) is 3.25. The fourth-order valence-corrected chi connectivity index (χ4v) is 2.36. The monoisotopic (exact) mass is 227 g/mol. The number of ether oxygens (including phenoxy) is 1. The average Bonchev–Trinajstić information content (AvgIpc) is 2.40. The lowest BCUT2D eigenvalue weighted by molar-refractivity contribution is 0.133. The van der Waals surface area contributed by atoms with Crippen molar-refractivity contribution in [2.75, 3.05) is 6.54 Å².